The lowest BCUT2D eigenvalue weighted by Crippen LogP contribution is -2.01. The molecule has 0 saturated heterocycles. The molecule has 2 atom stereocenters. The first-order valence-corrected chi connectivity index (χ1v) is 5.48. The van der Waals surface area contributed by atoms with Crippen molar-refractivity contribution in [2.24, 2.45) is 5.92 Å². The zero-order valence-electron chi connectivity index (χ0n) is 9.05. The summed E-state index contributed by atoms with van der Waals surface area (Å²) >= 11 is 0. The van der Waals surface area contributed by atoms with Gasteiger partial charge >= 0.3 is 5.97 Å². The summed E-state index contributed by atoms with van der Waals surface area (Å²) in [6.45, 7) is 2.06. The number of carboxylic acids is 1. The van der Waals surface area contributed by atoms with Crippen LogP contribution in [0.3, 0.4) is 0 Å². The Morgan fingerprint density at radius 3 is 3.00 bits per heavy atom. The normalized spacial score (nSPS) is 23.6. The summed E-state index contributed by atoms with van der Waals surface area (Å²) in [6.07, 6.45) is 2.78. The highest BCUT2D eigenvalue weighted by atomic mass is 16.4. The number of aliphatic carboxylic acids is 1. The largest absolute Gasteiger partial charge is 0.481 e. The fraction of sp³-hybridized carbons (Fsp3) is 0.308. The lowest BCUT2D eigenvalue weighted by Gasteiger charge is -2.02. The van der Waals surface area contributed by atoms with E-state index in [1.165, 1.54) is 11.3 Å². The van der Waals surface area contributed by atoms with Crippen molar-refractivity contribution in [2.75, 3.05) is 0 Å². The number of rotatable bonds is 2. The number of aromatic nitrogens is 1. The fourth-order valence-electron chi connectivity index (χ4n) is 2.52. The molecule has 82 valence electrons. The van der Waals surface area contributed by atoms with E-state index in [0.29, 0.717) is 0 Å². The summed E-state index contributed by atoms with van der Waals surface area (Å²) in [5.74, 6) is -0.658. The van der Waals surface area contributed by atoms with Crippen molar-refractivity contribution in [2.45, 2.75) is 19.3 Å². The molecule has 0 bridgehead atoms. The lowest BCUT2D eigenvalue weighted by molar-refractivity contribution is -0.138. The molecule has 0 radical (unpaired) electrons. The van der Waals surface area contributed by atoms with Crippen molar-refractivity contribution in [3.05, 3.63) is 41.7 Å². The molecule has 2 aromatic heterocycles. The molecule has 3 rings (SSSR count). The van der Waals surface area contributed by atoms with Gasteiger partial charge in [-0.1, -0.05) is 6.07 Å². The van der Waals surface area contributed by atoms with Crippen molar-refractivity contribution in [1.82, 2.24) is 4.40 Å². The molecule has 0 aliphatic heterocycles. The average molecular weight is 215 g/mol. The van der Waals surface area contributed by atoms with Gasteiger partial charge in [-0.25, -0.2) is 0 Å². The molecule has 0 amide bonds. The topological polar surface area (TPSA) is 41.7 Å². The number of nitrogens with zero attached hydrogens (tertiary/aromatic N) is 1. The molecule has 0 spiro atoms. The van der Waals surface area contributed by atoms with Crippen LogP contribution in [0.15, 0.2) is 30.5 Å². The molecule has 1 aliphatic rings. The molecular formula is C13H13NO2. The van der Waals surface area contributed by atoms with Crippen molar-refractivity contribution < 1.29 is 9.90 Å². The summed E-state index contributed by atoms with van der Waals surface area (Å²) in [5, 5.41) is 8.98. The van der Waals surface area contributed by atoms with Crippen molar-refractivity contribution in [1.29, 1.82) is 0 Å². The van der Waals surface area contributed by atoms with Gasteiger partial charge in [0.25, 0.3) is 0 Å². The van der Waals surface area contributed by atoms with Gasteiger partial charge < -0.3 is 9.51 Å². The summed E-state index contributed by atoms with van der Waals surface area (Å²) in [4.78, 5) is 10.9. The number of hydrogen-bond donors (Lipinski definition) is 1. The van der Waals surface area contributed by atoms with E-state index in [9.17, 15) is 4.79 Å². The monoisotopic (exact) mass is 215 g/mol. The van der Waals surface area contributed by atoms with Crippen LogP contribution in [0.4, 0.5) is 0 Å². The Balaban J connectivity index is 2.11. The Hall–Kier alpha value is -1.77. The quantitative estimate of drug-likeness (QED) is 0.836. The van der Waals surface area contributed by atoms with E-state index >= 15 is 0 Å². The van der Waals surface area contributed by atoms with Crippen molar-refractivity contribution in [3.63, 3.8) is 0 Å². The first kappa shape index (κ1) is 9.46. The van der Waals surface area contributed by atoms with Crippen LogP contribution in [0.1, 0.15) is 23.6 Å². The molecule has 3 heteroatoms. The second-order valence-corrected chi connectivity index (χ2v) is 4.50. The highest BCUT2D eigenvalue weighted by molar-refractivity contribution is 5.75. The van der Waals surface area contributed by atoms with Crippen LogP contribution in [-0.2, 0) is 4.79 Å². The average Bonchev–Trinajstić information content (AvgIpc) is 2.95. The minimum atomic E-state index is -0.671. The van der Waals surface area contributed by atoms with E-state index in [1.54, 1.807) is 0 Å². The van der Waals surface area contributed by atoms with Gasteiger partial charge in [0.15, 0.2) is 0 Å². The Morgan fingerprint density at radius 2 is 2.31 bits per heavy atom. The van der Waals surface area contributed by atoms with E-state index in [2.05, 4.69) is 23.5 Å². The fourth-order valence-corrected chi connectivity index (χ4v) is 2.52. The number of hydrogen-bond acceptors (Lipinski definition) is 1. The minimum absolute atomic E-state index is 0.183. The van der Waals surface area contributed by atoms with Crippen LogP contribution in [0.2, 0.25) is 0 Å². The molecule has 3 nitrogen and oxygen atoms in total. The third kappa shape index (κ3) is 1.24. The molecule has 1 saturated carbocycles. The van der Waals surface area contributed by atoms with Gasteiger partial charge in [0, 0.05) is 23.3 Å². The van der Waals surface area contributed by atoms with Crippen LogP contribution in [-0.4, -0.2) is 15.5 Å². The van der Waals surface area contributed by atoms with Crippen LogP contribution in [0.5, 0.6) is 0 Å². The first-order valence-electron chi connectivity index (χ1n) is 5.48. The molecule has 1 aliphatic carbocycles. The zero-order valence-corrected chi connectivity index (χ0v) is 9.05. The maximum absolute atomic E-state index is 10.9. The summed E-state index contributed by atoms with van der Waals surface area (Å²) in [6, 6.07) is 8.15. The zero-order chi connectivity index (χ0) is 11.3. The highest BCUT2D eigenvalue weighted by Gasteiger charge is 2.46. The number of pyridine rings is 1. The predicted octanol–water partition coefficient (Wildman–Crippen LogP) is 2.44. The van der Waals surface area contributed by atoms with Gasteiger partial charge in [-0.15, -0.1) is 0 Å². The van der Waals surface area contributed by atoms with E-state index in [-0.39, 0.29) is 11.8 Å². The van der Waals surface area contributed by atoms with E-state index in [4.69, 9.17) is 5.11 Å². The Morgan fingerprint density at radius 1 is 1.50 bits per heavy atom. The number of aryl methyl sites for hydroxylation is 1. The van der Waals surface area contributed by atoms with E-state index in [0.717, 1.165) is 11.9 Å². The van der Waals surface area contributed by atoms with E-state index in [1.807, 2.05) is 18.3 Å². The number of fused-ring (bicyclic) bond motifs is 1. The van der Waals surface area contributed by atoms with Crippen molar-refractivity contribution in [3.8, 4) is 0 Å². The summed E-state index contributed by atoms with van der Waals surface area (Å²) in [5.41, 5.74) is 3.51. The van der Waals surface area contributed by atoms with Gasteiger partial charge in [0.2, 0.25) is 0 Å². The summed E-state index contributed by atoms with van der Waals surface area (Å²) < 4.78 is 2.11. The number of carboxylic acid groups (broad SMARTS) is 1. The SMILES string of the molecule is Cc1cc2ccccn2c1C1CC1C(=O)O. The molecule has 2 aromatic rings. The van der Waals surface area contributed by atoms with Crippen LogP contribution in [0, 0.1) is 12.8 Å². The standard InChI is InChI=1S/C13H13NO2/c1-8-6-9-4-2-3-5-14(9)12(8)10-7-11(10)13(15)16/h2-6,10-11H,7H2,1H3,(H,15,16). The van der Waals surface area contributed by atoms with Crippen molar-refractivity contribution >= 4 is 11.5 Å². The van der Waals surface area contributed by atoms with Gasteiger partial charge in [0.05, 0.1) is 5.92 Å². The minimum Gasteiger partial charge on any atom is -0.481 e. The Kier molecular flexibility index (Phi) is 1.84. The summed E-state index contributed by atoms with van der Waals surface area (Å²) in [7, 11) is 0. The van der Waals surface area contributed by atoms with Gasteiger partial charge in [-0.2, -0.15) is 0 Å². The second-order valence-electron chi connectivity index (χ2n) is 4.50. The second kappa shape index (κ2) is 3.11. The Bertz CT molecular complexity index is 570. The van der Waals surface area contributed by atoms with Gasteiger partial charge in [0.1, 0.15) is 0 Å². The third-order valence-electron chi connectivity index (χ3n) is 3.38. The number of carbonyl (C=O) groups is 1. The van der Waals surface area contributed by atoms with E-state index < -0.39 is 5.97 Å². The molecule has 1 fully saturated rings. The Labute approximate surface area is 93.3 Å². The maximum atomic E-state index is 10.9. The molecule has 1 N–H and O–H groups in total. The molecule has 2 heterocycles. The molecule has 16 heavy (non-hydrogen) atoms. The predicted molar refractivity (Wildman–Crippen MR) is 60.6 cm³/mol. The maximum Gasteiger partial charge on any atom is 0.307 e. The lowest BCUT2D eigenvalue weighted by atomic mass is 10.1. The van der Waals surface area contributed by atoms with Gasteiger partial charge in [-0.05, 0) is 37.1 Å². The van der Waals surface area contributed by atoms with Crippen LogP contribution < -0.4 is 0 Å². The van der Waals surface area contributed by atoms with Crippen LogP contribution >= 0.6 is 0 Å². The highest BCUT2D eigenvalue weighted by Crippen LogP contribution is 2.49. The first-order chi connectivity index (χ1) is 7.68. The van der Waals surface area contributed by atoms with Crippen LogP contribution in [0.25, 0.3) is 5.52 Å². The third-order valence-corrected chi connectivity index (χ3v) is 3.38. The van der Waals surface area contributed by atoms with Gasteiger partial charge in [-0.3, -0.25) is 4.79 Å². The molecular weight excluding hydrogens is 202 g/mol. The molecule has 2 unspecified atom stereocenters. The molecule has 0 aromatic carbocycles. The smallest absolute Gasteiger partial charge is 0.307 e.